The molecule has 0 aliphatic carbocycles. The van der Waals surface area contributed by atoms with Crippen LogP contribution in [-0.2, 0) is 4.74 Å². The fraction of sp³-hybridized carbons (Fsp3) is 1.00. The third kappa shape index (κ3) is 6.78. The van der Waals surface area contributed by atoms with E-state index in [-0.39, 0.29) is 0 Å². The molecule has 1 aliphatic heterocycles. The van der Waals surface area contributed by atoms with Gasteiger partial charge >= 0.3 is 0 Å². The van der Waals surface area contributed by atoms with Crippen LogP contribution < -0.4 is 0 Å². The van der Waals surface area contributed by atoms with Crippen LogP contribution in [0.3, 0.4) is 0 Å². The summed E-state index contributed by atoms with van der Waals surface area (Å²) in [5, 5.41) is 0.963. The Kier molecular flexibility index (Phi) is 8.50. The fourth-order valence-electron chi connectivity index (χ4n) is 2.52. The van der Waals surface area contributed by atoms with Crippen LogP contribution >= 0.6 is 15.9 Å². The summed E-state index contributed by atoms with van der Waals surface area (Å²) in [4.78, 5) is 2.57. The molecule has 0 aromatic heterocycles. The smallest absolute Gasteiger partial charge is 0.0802 e. The molecule has 102 valence electrons. The summed E-state index contributed by atoms with van der Waals surface area (Å²) in [5.41, 5.74) is 0. The average Bonchev–Trinajstić information content (AvgIpc) is 2.33. The quantitative estimate of drug-likeness (QED) is 0.499. The molecule has 1 rings (SSSR count). The van der Waals surface area contributed by atoms with Gasteiger partial charge in [-0.3, -0.25) is 4.90 Å². The molecule has 17 heavy (non-hydrogen) atoms. The van der Waals surface area contributed by atoms with Crippen molar-refractivity contribution in [2.24, 2.45) is 0 Å². The summed E-state index contributed by atoms with van der Waals surface area (Å²) >= 11 is 3.52. The lowest BCUT2D eigenvalue weighted by Gasteiger charge is -2.36. The van der Waals surface area contributed by atoms with Crippen molar-refractivity contribution in [2.45, 2.75) is 64.6 Å². The van der Waals surface area contributed by atoms with Crippen LogP contribution in [0.25, 0.3) is 0 Å². The summed E-state index contributed by atoms with van der Waals surface area (Å²) in [6.45, 7) is 7.92. The van der Waals surface area contributed by atoms with Crippen LogP contribution in [0.4, 0.5) is 0 Å². The molecule has 0 spiro atoms. The number of rotatable bonds is 8. The second-order valence-corrected chi connectivity index (χ2v) is 5.90. The molecular weight excluding hydrogens is 278 g/mol. The van der Waals surface area contributed by atoms with E-state index in [1.807, 2.05) is 0 Å². The maximum Gasteiger partial charge on any atom is 0.0802 e. The molecule has 0 radical (unpaired) electrons. The van der Waals surface area contributed by atoms with Crippen LogP contribution in [0.1, 0.15) is 52.4 Å². The third-order valence-corrected chi connectivity index (χ3v) is 4.12. The number of unbranched alkanes of at least 4 members (excludes halogenated alkanes) is 5. The summed E-state index contributed by atoms with van der Waals surface area (Å²) in [5.74, 6) is 0. The molecule has 2 unspecified atom stereocenters. The van der Waals surface area contributed by atoms with Crippen LogP contribution in [0, 0.1) is 0 Å². The molecule has 1 heterocycles. The highest BCUT2D eigenvalue weighted by molar-refractivity contribution is 9.09. The molecule has 1 fully saturated rings. The average molecular weight is 306 g/mol. The highest BCUT2D eigenvalue weighted by Gasteiger charge is 2.23. The van der Waals surface area contributed by atoms with E-state index in [9.17, 15) is 0 Å². The minimum absolute atomic E-state index is 0.388. The van der Waals surface area contributed by atoms with Crippen molar-refractivity contribution in [3.63, 3.8) is 0 Å². The lowest BCUT2D eigenvalue weighted by Crippen LogP contribution is -2.47. The predicted octanol–water partition coefficient (Wildman–Crippen LogP) is 3.83. The lowest BCUT2D eigenvalue weighted by molar-refractivity contribution is -0.0654. The maximum absolute atomic E-state index is 5.84. The number of ether oxygens (including phenoxy) is 1. The summed E-state index contributed by atoms with van der Waals surface area (Å²) in [6, 6.07) is 0. The van der Waals surface area contributed by atoms with E-state index in [4.69, 9.17) is 4.74 Å². The Bertz CT molecular complexity index is 189. The normalized spacial score (nSPS) is 26.3. The molecule has 1 aliphatic rings. The number of nitrogens with zero attached hydrogens (tertiary/aromatic N) is 1. The molecule has 2 atom stereocenters. The van der Waals surface area contributed by atoms with Gasteiger partial charge in [-0.1, -0.05) is 55.0 Å². The Labute approximate surface area is 115 Å². The molecule has 2 nitrogen and oxygen atoms in total. The minimum atomic E-state index is 0.388. The Morgan fingerprint density at radius 2 is 1.82 bits per heavy atom. The van der Waals surface area contributed by atoms with Gasteiger partial charge in [0.25, 0.3) is 0 Å². The molecule has 0 amide bonds. The molecule has 0 aromatic rings. The fourth-order valence-corrected chi connectivity index (χ4v) is 2.88. The van der Waals surface area contributed by atoms with Gasteiger partial charge in [0.2, 0.25) is 0 Å². The monoisotopic (exact) mass is 305 g/mol. The molecule has 0 saturated carbocycles. The summed E-state index contributed by atoms with van der Waals surface area (Å²) < 4.78 is 5.84. The first kappa shape index (κ1) is 15.5. The van der Waals surface area contributed by atoms with Crippen LogP contribution in [0.5, 0.6) is 0 Å². The maximum atomic E-state index is 5.84. The SMILES string of the molecule is CCCCCCCCN1CC(C)OC(CBr)C1. The Morgan fingerprint density at radius 3 is 2.53 bits per heavy atom. The zero-order valence-corrected chi connectivity index (χ0v) is 13.0. The van der Waals surface area contributed by atoms with Crippen LogP contribution in [0.15, 0.2) is 0 Å². The van der Waals surface area contributed by atoms with Crippen LogP contribution in [-0.4, -0.2) is 42.1 Å². The molecule has 0 bridgehead atoms. The van der Waals surface area contributed by atoms with Crippen molar-refractivity contribution in [1.82, 2.24) is 4.90 Å². The van der Waals surface area contributed by atoms with Gasteiger partial charge in [-0.25, -0.2) is 0 Å². The van der Waals surface area contributed by atoms with E-state index in [0.29, 0.717) is 12.2 Å². The standard InChI is InChI=1S/C14H28BrNO/c1-3-4-5-6-7-8-9-16-11-13(2)17-14(10-15)12-16/h13-14H,3-12H2,1-2H3. The highest BCUT2D eigenvalue weighted by Crippen LogP contribution is 2.14. The van der Waals surface area contributed by atoms with E-state index in [1.165, 1.54) is 45.1 Å². The molecule has 3 heteroatoms. The van der Waals surface area contributed by atoms with Gasteiger partial charge in [-0.2, -0.15) is 0 Å². The molecular formula is C14H28BrNO. The second-order valence-electron chi connectivity index (χ2n) is 5.25. The van der Waals surface area contributed by atoms with Gasteiger partial charge in [-0.05, 0) is 19.9 Å². The summed E-state index contributed by atoms with van der Waals surface area (Å²) in [7, 11) is 0. The molecule has 0 N–H and O–H groups in total. The predicted molar refractivity (Wildman–Crippen MR) is 77.9 cm³/mol. The van der Waals surface area contributed by atoms with Gasteiger partial charge in [0.05, 0.1) is 12.2 Å². The second kappa shape index (κ2) is 9.35. The number of alkyl halides is 1. The zero-order valence-electron chi connectivity index (χ0n) is 11.5. The summed E-state index contributed by atoms with van der Waals surface area (Å²) in [6.07, 6.45) is 9.10. The topological polar surface area (TPSA) is 12.5 Å². The lowest BCUT2D eigenvalue weighted by atomic mass is 10.1. The van der Waals surface area contributed by atoms with Crippen molar-refractivity contribution in [3.8, 4) is 0 Å². The largest absolute Gasteiger partial charge is 0.372 e. The zero-order chi connectivity index (χ0) is 12.5. The highest BCUT2D eigenvalue weighted by atomic mass is 79.9. The van der Waals surface area contributed by atoms with Gasteiger partial charge < -0.3 is 4.74 Å². The number of hydrogen-bond acceptors (Lipinski definition) is 2. The molecule has 1 saturated heterocycles. The van der Waals surface area contributed by atoms with Gasteiger partial charge in [0, 0.05) is 18.4 Å². The van der Waals surface area contributed by atoms with E-state index in [0.717, 1.165) is 18.4 Å². The van der Waals surface area contributed by atoms with E-state index in [2.05, 4.69) is 34.7 Å². The van der Waals surface area contributed by atoms with E-state index >= 15 is 0 Å². The first-order valence-corrected chi connectivity index (χ1v) is 8.32. The van der Waals surface area contributed by atoms with Gasteiger partial charge in [0.1, 0.15) is 0 Å². The third-order valence-electron chi connectivity index (χ3n) is 3.40. The Morgan fingerprint density at radius 1 is 1.12 bits per heavy atom. The number of hydrogen-bond donors (Lipinski definition) is 0. The van der Waals surface area contributed by atoms with Crippen molar-refractivity contribution in [2.75, 3.05) is 25.0 Å². The first-order valence-electron chi connectivity index (χ1n) is 7.20. The number of morpholine rings is 1. The van der Waals surface area contributed by atoms with E-state index < -0.39 is 0 Å². The number of halogens is 1. The molecule has 0 aromatic carbocycles. The van der Waals surface area contributed by atoms with Crippen molar-refractivity contribution in [3.05, 3.63) is 0 Å². The van der Waals surface area contributed by atoms with Gasteiger partial charge in [-0.15, -0.1) is 0 Å². The Balaban J connectivity index is 2.05. The van der Waals surface area contributed by atoms with Crippen molar-refractivity contribution in [1.29, 1.82) is 0 Å². The van der Waals surface area contributed by atoms with E-state index in [1.54, 1.807) is 0 Å². The minimum Gasteiger partial charge on any atom is -0.372 e. The first-order chi connectivity index (χ1) is 8.26. The van der Waals surface area contributed by atoms with Crippen molar-refractivity contribution < 1.29 is 4.74 Å². The Hall–Kier alpha value is 0.400. The van der Waals surface area contributed by atoms with Crippen molar-refractivity contribution >= 4 is 15.9 Å². The van der Waals surface area contributed by atoms with Crippen LogP contribution in [0.2, 0.25) is 0 Å². The van der Waals surface area contributed by atoms with Gasteiger partial charge in [0.15, 0.2) is 0 Å².